The van der Waals surface area contributed by atoms with Crippen LogP contribution in [0.25, 0.3) is 0 Å². The molecule has 0 radical (unpaired) electrons. The van der Waals surface area contributed by atoms with E-state index in [-0.39, 0.29) is 0 Å². The minimum absolute atomic E-state index is 0.664. The van der Waals surface area contributed by atoms with Crippen molar-refractivity contribution in [3.05, 3.63) is 10.6 Å². The number of aromatic nitrogens is 1. The molecule has 0 spiro atoms. The van der Waals surface area contributed by atoms with Gasteiger partial charge in [-0.1, -0.05) is 13.8 Å². The Balaban J connectivity index is 2.65. The van der Waals surface area contributed by atoms with E-state index in [0.29, 0.717) is 19.1 Å². The number of nitrogens with zero attached hydrogens (tertiary/aromatic N) is 2. The summed E-state index contributed by atoms with van der Waals surface area (Å²) in [6.07, 6.45) is 0. The molecule has 6 heteroatoms. The Kier molecular flexibility index (Phi) is 8.84. The molecule has 0 aliphatic carbocycles. The van der Waals surface area contributed by atoms with Crippen LogP contribution in [0.3, 0.4) is 0 Å². The van der Waals surface area contributed by atoms with E-state index in [1.165, 1.54) is 4.88 Å². The predicted molar refractivity (Wildman–Crippen MR) is 89.4 cm³/mol. The molecule has 0 saturated heterocycles. The second-order valence-electron chi connectivity index (χ2n) is 5.50. The van der Waals surface area contributed by atoms with Gasteiger partial charge in [-0.3, -0.25) is 0 Å². The molecule has 21 heavy (non-hydrogen) atoms. The Morgan fingerprint density at radius 1 is 1.19 bits per heavy atom. The molecule has 0 aliphatic heterocycles. The van der Waals surface area contributed by atoms with E-state index in [0.717, 1.165) is 37.0 Å². The Labute approximate surface area is 132 Å². The average Bonchev–Trinajstić information content (AvgIpc) is 2.80. The van der Waals surface area contributed by atoms with Crippen molar-refractivity contribution in [2.45, 2.75) is 27.3 Å². The van der Waals surface area contributed by atoms with E-state index in [1.807, 2.05) is 0 Å². The van der Waals surface area contributed by atoms with Crippen LogP contribution in [0.4, 0.5) is 5.13 Å². The van der Waals surface area contributed by atoms with Gasteiger partial charge in [0.25, 0.3) is 0 Å². The summed E-state index contributed by atoms with van der Waals surface area (Å²) in [5.41, 5.74) is 1.12. The van der Waals surface area contributed by atoms with Gasteiger partial charge >= 0.3 is 0 Å². The van der Waals surface area contributed by atoms with Gasteiger partial charge in [0.15, 0.2) is 5.13 Å². The highest BCUT2D eigenvalue weighted by Crippen LogP contribution is 2.25. The zero-order valence-electron chi connectivity index (χ0n) is 13.9. The van der Waals surface area contributed by atoms with Crippen molar-refractivity contribution in [3.63, 3.8) is 0 Å². The van der Waals surface area contributed by atoms with Gasteiger partial charge in [-0.25, -0.2) is 4.98 Å². The summed E-state index contributed by atoms with van der Waals surface area (Å²) in [6.45, 7) is 11.5. The molecule has 1 N–H and O–H groups in total. The summed E-state index contributed by atoms with van der Waals surface area (Å²) < 4.78 is 10.4. The maximum absolute atomic E-state index is 5.18. The molecule has 1 aromatic heterocycles. The molecular weight excluding hydrogens is 286 g/mol. The van der Waals surface area contributed by atoms with Crippen LogP contribution in [-0.4, -0.2) is 52.1 Å². The van der Waals surface area contributed by atoms with Gasteiger partial charge in [0, 0.05) is 38.7 Å². The second kappa shape index (κ2) is 10.1. The number of thiazole rings is 1. The third kappa shape index (κ3) is 6.74. The first kappa shape index (κ1) is 18.4. The van der Waals surface area contributed by atoms with Crippen molar-refractivity contribution in [2.75, 3.05) is 52.0 Å². The van der Waals surface area contributed by atoms with Crippen molar-refractivity contribution < 1.29 is 9.47 Å². The van der Waals surface area contributed by atoms with Gasteiger partial charge in [0.1, 0.15) is 0 Å². The lowest BCUT2D eigenvalue weighted by Gasteiger charge is -2.20. The molecule has 0 aromatic carbocycles. The van der Waals surface area contributed by atoms with E-state index in [4.69, 9.17) is 14.5 Å². The third-order valence-electron chi connectivity index (χ3n) is 3.12. The molecule has 1 heterocycles. The first-order chi connectivity index (χ1) is 10.1. The zero-order valence-corrected chi connectivity index (χ0v) is 14.8. The zero-order chi connectivity index (χ0) is 15.7. The summed E-state index contributed by atoms with van der Waals surface area (Å²) in [6, 6.07) is 0. The number of ether oxygens (including phenoxy) is 2. The van der Waals surface area contributed by atoms with E-state index in [2.05, 4.69) is 31.0 Å². The van der Waals surface area contributed by atoms with E-state index in [1.54, 1.807) is 25.6 Å². The molecule has 0 amide bonds. The topological polar surface area (TPSA) is 46.6 Å². The fourth-order valence-corrected chi connectivity index (χ4v) is 2.97. The Bertz CT molecular complexity index is 388. The minimum Gasteiger partial charge on any atom is -0.383 e. The second-order valence-corrected chi connectivity index (χ2v) is 6.56. The van der Waals surface area contributed by atoms with Crippen molar-refractivity contribution in [2.24, 2.45) is 5.92 Å². The molecule has 0 unspecified atom stereocenters. The van der Waals surface area contributed by atoms with Crippen molar-refractivity contribution >= 4 is 16.5 Å². The summed E-state index contributed by atoms with van der Waals surface area (Å²) in [7, 11) is 3.45. The fourth-order valence-electron chi connectivity index (χ4n) is 1.89. The van der Waals surface area contributed by atoms with Crippen molar-refractivity contribution in [3.8, 4) is 0 Å². The lowest BCUT2D eigenvalue weighted by Crippen LogP contribution is -2.30. The number of anilines is 1. The van der Waals surface area contributed by atoms with Gasteiger partial charge < -0.3 is 19.7 Å². The maximum atomic E-state index is 5.18. The number of hydrogen-bond donors (Lipinski definition) is 1. The van der Waals surface area contributed by atoms with Crippen LogP contribution in [0, 0.1) is 12.8 Å². The molecule has 0 fully saturated rings. The number of aryl methyl sites for hydroxylation is 1. The van der Waals surface area contributed by atoms with Crippen LogP contribution < -0.4 is 10.2 Å². The molecule has 0 atom stereocenters. The predicted octanol–water partition coefficient (Wildman–Crippen LogP) is 2.30. The Morgan fingerprint density at radius 3 is 2.33 bits per heavy atom. The number of nitrogens with one attached hydrogen (secondary N) is 1. The first-order valence-corrected chi connectivity index (χ1v) is 8.30. The van der Waals surface area contributed by atoms with Crippen molar-refractivity contribution in [1.29, 1.82) is 0 Å². The minimum atomic E-state index is 0.664. The van der Waals surface area contributed by atoms with E-state index < -0.39 is 0 Å². The highest BCUT2D eigenvalue weighted by Gasteiger charge is 2.14. The molecule has 122 valence electrons. The number of rotatable bonds is 11. The molecule has 0 bridgehead atoms. The number of methoxy groups -OCH3 is 2. The standard InChI is InChI=1S/C15H29N3O2S/c1-12(2)10-16-11-14-13(3)17-15(21-14)18(6-8-19-4)7-9-20-5/h12,16H,6-11H2,1-5H3. The van der Waals surface area contributed by atoms with E-state index >= 15 is 0 Å². The summed E-state index contributed by atoms with van der Waals surface area (Å²) in [5.74, 6) is 0.664. The highest BCUT2D eigenvalue weighted by atomic mass is 32.1. The molecule has 1 aromatic rings. The molecule has 5 nitrogen and oxygen atoms in total. The van der Waals surface area contributed by atoms with Gasteiger partial charge in [-0.2, -0.15) is 0 Å². The van der Waals surface area contributed by atoms with Gasteiger partial charge in [-0.05, 0) is 19.4 Å². The molecule has 1 rings (SSSR count). The Morgan fingerprint density at radius 2 is 1.81 bits per heavy atom. The van der Waals surface area contributed by atoms with Crippen molar-refractivity contribution in [1.82, 2.24) is 10.3 Å². The number of hydrogen-bond acceptors (Lipinski definition) is 6. The summed E-state index contributed by atoms with van der Waals surface area (Å²) in [4.78, 5) is 8.25. The van der Waals surface area contributed by atoms with Crippen LogP contribution in [0.5, 0.6) is 0 Å². The lowest BCUT2D eigenvalue weighted by molar-refractivity contribution is 0.190. The quantitative estimate of drug-likeness (QED) is 0.679. The van der Waals surface area contributed by atoms with Crippen LogP contribution in [0.1, 0.15) is 24.4 Å². The average molecular weight is 315 g/mol. The van der Waals surface area contributed by atoms with Gasteiger partial charge in [-0.15, -0.1) is 11.3 Å². The van der Waals surface area contributed by atoms with Crippen LogP contribution in [0.15, 0.2) is 0 Å². The van der Waals surface area contributed by atoms with Gasteiger partial charge in [0.05, 0.1) is 18.9 Å². The smallest absolute Gasteiger partial charge is 0.185 e. The highest BCUT2D eigenvalue weighted by molar-refractivity contribution is 7.15. The lowest BCUT2D eigenvalue weighted by atomic mass is 10.2. The van der Waals surface area contributed by atoms with Gasteiger partial charge in [0.2, 0.25) is 0 Å². The van der Waals surface area contributed by atoms with Crippen LogP contribution in [0.2, 0.25) is 0 Å². The SMILES string of the molecule is COCCN(CCOC)c1nc(C)c(CNCC(C)C)s1. The summed E-state index contributed by atoms with van der Waals surface area (Å²) >= 11 is 1.76. The van der Waals surface area contributed by atoms with Crippen LogP contribution >= 0.6 is 11.3 Å². The summed E-state index contributed by atoms with van der Waals surface area (Å²) in [5, 5.41) is 4.54. The van der Waals surface area contributed by atoms with Crippen LogP contribution in [-0.2, 0) is 16.0 Å². The monoisotopic (exact) mass is 315 g/mol. The molecular formula is C15H29N3O2S. The fraction of sp³-hybridized carbons (Fsp3) is 0.800. The third-order valence-corrected chi connectivity index (χ3v) is 4.34. The first-order valence-electron chi connectivity index (χ1n) is 7.48. The normalized spacial score (nSPS) is 11.3. The molecule has 0 saturated carbocycles. The maximum Gasteiger partial charge on any atom is 0.185 e. The largest absolute Gasteiger partial charge is 0.383 e. The van der Waals surface area contributed by atoms with E-state index in [9.17, 15) is 0 Å². The molecule has 0 aliphatic rings. The Hall–Kier alpha value is -0.690.